The number of benzene rings is 1. The predicted molar refractivity (Wildman–Crippen MR) is 111 cm³/mol. The highest BCUT2D eigenvalue weighted by Crippen LogP contribution is 2.43. The van der Waals surface area contributed by atoms with E-state index in [0.29, 0.717) is 49.4 Å². The van der Waals surface area contributed by atoms with Gasteiger partial charge in [-0.2, -0.15) is 18.4 Å². The third-order valence-corrected chi connectivity index (χ3v) is 6.75. The molecule has 33 heavy (non-hydrogen) atoms. The van der Waals surface area contributed by atoms with Crippen molar-refractivity contribution in [2.45, 2.75) is 62.6 Å². The number of ether oxygens (including phenoxy) is 1. The van der Waals surface area contributed by atoms with Gasteiger partial charge in [-0.3, -0.25) is 4.40 Å². The Kier molecular flexibility index (Phi) is 5.26. The monoisotopic (exact) mass is 458 g/mol. The molecule has 2 aliphatic rings. The van der Waals surface area contributed by atoms with Crippen molar-refractivity contribution >= 4 is 5.65 Å². The lowest BCUT2D eigenvalue weighted by atomic mass is 9.70. The maximum atomic E-state index is 14.0. The minimum Gasteiger partial charge on any atom is -0.490 e. The van der Waals surface area contributed by atoms with Crippen LogP contribution in [-0.2, 0) is 18.0 Å². The number of hydrogen-bond acceptors (Lipinski definition) is 4. The van der Waals surface area contributed by atoms with Crippen molar-refractivity contribution in [1.82, 2.24) is 14.6 Å². The highest BCUT2D eigenvalue weighted by atomic mass is 19.4. The smallest absolute Gasteiger partial charge is 0.423 e. The number of halogens is 4. The second-order valence-corrected chi connectivity index (χ2v) is 9.03. The Morgan fingerprint density at radius 1 is 1.06 bits per heavy atom. The van der Waals surface area contributed by atoms with E-state index >= 15 is 0 Å². The van der Waals surface area contributed by atoms with Gasteiger partial charge in [0.1, 0.15) is 23.0 Å². The van der Waals surface area contributed by atoms with Crippen molar-refractivity contribution in [2.75, 3.05) is 0 Å². The lowest BCUT2D eigenvalue weighted by Gasteiger charge is -2.35. The van der Waals surface area contributed by atoms with Crippen molar-refractivity contribution in [1.29, 1.82) is 5.26 Å². The zero-order valence-electron chi connectivity index (χ0n) is 17.8. The van der Waals surface area contributed by atoms with Gasteiger partial charge in [0.25, 0.3) is 0 Å². The summed E-state index contributed by atoms with van der Waals surface area (Å²) in [5, 5.41) is 17.7. The first-order valence-electron chi connectivity index (χ1n) is 11.1. The largest absolute Gasteiger partial charge is 0.490 e. The summed E-state index contributed by atoms with van der Waals surface area (Å²) in [6, 6.07) is 9.51. The number of pyridine rings is 1. The average Bonchev–Trinajstić information content (AvgIpc) is 3.52. The van der Waals surface area contributed by atoms with Gasteiger partial charge < -0.3 is 4.74 Å². The van der Waals surface area contributed by atoms with E-state index in [1.807, 2.05) is 0 Å². The molecule has 0 radical (unpaired) electrons. The van der Waals surface area contributed by atoms with Crippen molar-refractivity contribution in [3.63, 3.8) is 0 Å². The van der Waals surface area contributed by atoms with E-state index in [9.17, 15) is 22.8 Å². The summed E-state index contributed by atoms with van der Waals surface area (Å²) in [4.78, 5) is 0. The van der Waals surface area contributed by atoms with Crippen molar-refractivity contribution < 1.29 is 22.3 Å². The second kappa shape index (κ2) is 8.01. The van der Waals surface area contributed by atoms with Crippen LogP contribution in [0.25, 0.3) is 5.65 Å². The lowest BCUT2D eigenvalue weighted by molar-refractivity contribution is -0.138. The predicted octanol–water partition coefficient (Wildman–Crippen LogP) is 5.62. The Hall–Kier alpha value is -3.15. The normalized spacial score (nSPS) is 23.4. The lowest BCUT2D eigenvalue weighted by Crippen LogP contribution is -2.35. The number of hydrogen-bond donors (Lipinski definition) is 0. The molecule has 0 N–H and O–H groups in total. The number of alkyl halides is 3. The van der Waals surface area contributed by atoms with E-state index in [4.69, 9.17) is 4.74 Å². The number of rotatable bonds is 5. The van der Waals surface area contributed by atoms with E-state index in [1.54, 1.807) is 18.3 Å². The van der Waals surface area contributed by atoms with Crippen LogP contribution < -0.4 is 4.74 Å². The molecule has 0 unspecified atom stereocenters. The molecule has 0 saturated heterocycles. The Labute approximate surface area is 188 Å². The van der Waals surface area contributed by atoms with Crippen LogP contribution in [-0.4, -0.2) is 20.7 Å². The molecular weight excluding hydrogens is 436 g/mol. The summed E-state index contributed by atoms with van der Waals surface area (Å²) < 4.78 is 62.6. The van der Waals surface area contributed by atoms with Crippen LogP contribution in [0.15, 0.2) is 36.5 Å². The third-order valence-electron chi connectivity index (χ3n) is 6.75. The quantitative estimate of drug-likeness (QED) is 0.466. The van der Waals surface area contributed by atoms with Crippen LogP contribution in [0.3, 0.4) is 0 Å². The average molecular weight is 458 g/mol. The molecule has 9 heteroatoms. The molecule has 0 aliphatic heterocycles. The Balaban J connectivity index is 1.38. The Morgan fingerprint density at radius 3 is 2.36 bits per heavy atom. The molecule has 0 spiro atoms. The summed E-state index contributed by atoms with van der Waals surface area (Å²) in [6.07, 6.45) is 0.808. The van der Waals surface area contributed by atoms with E-state index in [1.165, 1.54) is 22.6 Å². The molecule has 2 fully saturated rings. The molecule has 0 atom stereocenters. The summed E-state index contributed by atoms with van der Waals surface area (Å²) in [6.45, 7) is 0. The van der Waals surface area contributed by atoms with E-state index in [2.05, 4.69) is 16.3 Å². The summed E-state index contributed by atoms with van der Waals surface area (Å²) in [7, 11) is 0. The maximum Gasteiger partial charge on any atom is 0.423 e. The van der Waals surface area contributed by atoms with Crippen molar-refractivity contribution in [2.24, 2.45) is 5.92 Å². The summed E-state index contributed by atoms with van der Waals surface area (Å²) in [5.41, 5.74) is -1.25. The van der Waals surface area contributed by atoms with Gasteiger partial charge in [0.2, 0.25) is 0 Å². The molecular formula is C24H22F4N4O. The molecule has 5 nitrogen and oxygen atoms in total. The molecule has 2 aromatic heterocycles. The van der Waals surface area contributed by atoms with Gasteiger partial charge >= 0.3 is 6.18 Å². The Bertz CT molecular complexity index is 1200. The zero-order chi connectivity index (χ0) is 23.2. The third kappa shape index (κ3) is 4.14. The van der Waals surface area contributed by atoms with Crippen LogP contribution in [0.2, 0.25) is 0 Å². The molecule has 2 saturated carbocycles. The summed E-state index contributed by atoms with van der Waals surface area (Å²) in [5.74, 6) is 0.344. The van der Waals surface area contributed by atoms with Gasteiger partial charge in [0, 0.05) is 12.6 Å². The van der Waals surface area contributed by atoms with E-state index < -0.39 is 23.3 Å². The second-order valence-electron chi connectivity index (χ2n) is 9.03. The van der Waals surface area contributed by atoms with E-state index in [-0.39, 0.29) is 17.2 Å². The topological polar surface area (TPSA) is 63.2 Å². The van der Waals surface area contributed by atoms with Gasteiger partial charge in [0.05, 0.1) is 17.6 Å². The van der Waals surface area contributed by atoms with Crippen LogP contribution in [0.4, 0.5) is 17.6 Å². The van der Waals surface area contributed by atoms with Crippen LogP contribution in [0.5, 0.6) is 5.75 Å². The summed E-state index contributed by atoms with van der Waals surface area (Å²) >= 11 is 0. The van der Waals surface area contributed by atoms with Crippen molar-refractivity contribution in [3.8, 4) is 11.8 Å². The maximum absolute atomic E-state index is 14.0. The minimum absolute atomic E-state index is 0.246. The molecule has 0 amide bonds. The molecule has 3 aromatic rings. The van der Waals surface area contributed by atoms with Crippen LogP contribution in [0.1, 0.15) is 55.5 Å². The van der Waals surface area contributed by atoms with Gasteiger partial charge in [-0.1, -0.05) is 12.1 Å². The zero-order valence-corrected chi connectivity index (χ0v) is 17.8. The fraction of sp³-hybridized carbons (Fsp3) is 0.458. The number of nitrogens with zero attached hydrogens (tertiary/aromatic N) is 4. The number of fused-ring (bicyclic) bond motifs is 1. The van der Waals surface area contributed by atoms with Crippen molar-refractivity contribution in [3.05, 3.63) is 59.3 Å². The van der Waals surface area contributed by atoms with Gasteiger partial charge in [-0.15, -0.1) is 10.2 Å². The Morgan fingerprint density at radius 2 is 1.76 bits per heavy atom. The SMILES string of the molecule is N#C[C@]1(c2ccc(F)cc2)CC[C@H](Oc2ccn3c(CC4CC4)nnc3c2C(F)(F)F)CC1. The van der Waals surface area contributed by atoms with Gasteiger partial charge in [-0.05, 0) is 68.2 Å². The fourth-order valence-electron chi connectivity index (χ4n) is 4.69. The first-order valence-corrected chi connectivity index (χ1v) is 11.1. The van der Waals surface area contributed by atoms with Gasteiger partial charge in [0.15, 0.2) is 5.65 Å². The molecule has 1 aromatic carbocycles. The highest BCUT2D eigenvalue weighted by molar-refractivity contribution is 5.57. The van der Waals surface area contributed by atoms with Crippen LogP contribution >= 0.6 is 0 Å². The molecule has 2 aliphatic carbocycles. The standard InChI is InChI=1S/C24H22F4N4O/c25-17-5-3-16(4-6-17)23(14-29)10-7-18(8-11-23)33-19-9-12-32-20(13-15-1-2-15)30-31-22(32)21(19)24(26,27)28/h3-6,9,12,15,18H,1-2,7-8,10-11,13H2/t18-,23-. The fourth-order valence-corrected chi connectivity index (χ4v) is 4.69. The number of nitriles is 1. The molecule has 172 valence electrons. The van der Waals surface area contributed by atoms with Gasteiger partial charge in [-0.25, -0.2) is 4.39 Å². The molecule has 2 heterocycles. The van der Waals surface area contributed by atoms with Crippen LogP contribution in [0, 0.1) is 23.1 Å². The first-order chi connectivity index (χ1) is 15.8. The number of aromatic nitrogens is 3. The minimum atomic E-state index is -4.65. The van der Waals surface area contributed by atoms with E-state index in [0.717, 1.165) is 12.8 Å². The first kappa shape index (κ1) is 21.7. The molecule has 0 bridgehead atoms. The highest BCUT2D eigenvalue weighted by Gasteiger charge is 2.41. The molecule has 5 rings (SSSR count).